The van der Waals surface area contributed by atoms with E-state index in [1.165, 1.54) is 6.08 Å². The summed E-state index contributed by atoms with van der Waals surface area (Å²) >= 11 is 3.43. The Bertz CT molecular complexity index is 776. The van der Waals surface area contributed by atoms with Crippen LogP contribution < -0.4 is 5.32 Å². The SMILES string of the molecule is C=CC(=O)N1CCC(C(=O)NCc2cc3cc(Br)ccc3o2)CC1. The molecule has 1 aliphatic heterocycles. The van der Waals surface area contributed by atoms with E-state index in [0.717, 1.165) is 21.2 Å². The van der Waals surface area contributed by atoms with Gasteiger partial charge in [-0.05, 0) is 43.2 Å². The molecule has 1 N–H and O–H groups in total. The Kier molecular flexibility index (Phi) is 5.04. The maximum absolute atomic E-state index is 12.3. The van der Waals surface area contributed by atoms with Crippen molar-refractivity contribution in [3.8, 4) is 0 Å². The van der Waals surface area contributed by atoms with Crippen LogP contribution in [-0.4, -0.2) is 29.8 Å². The fraction of sp³-hybridized carbons (Fsp3) is 0.333. The van der Waals surface area contributed by atoms with Crippen LogP contribution in [-0.2, 0) is 16.1 Å². The van der Waals surface area contributed by atoms with Crippen molar-refractivity contribution < 1.29 is 14.0 Å². The standard InChI is InChI=1S/C18H19BrN2O3/c1-2-17(22)21-7-5-12(6-8-21)18(23)20-11-15-10-13-9-14(19)3-4-16(13)24-15/h2-4,9-10,12H,1,5-8,11H2,(H,20,23). The molecular weight excluding hydrogens is 372 g/mol. The van der Waals surface area contributed by atoms with Crippen molar-refractivity contribution in [3.05, 3.63) is 47.2 Å². The summed E-state index contributed by atoms with van der Waals surface area (Å²) in [7, 11) is 0. The first-order valence-electron chi connectivity index (χ1n) is 7.94. The number of furan rings is 1. The Balaban J connectivity index is 1.53. The number of likely N-dealkylation sites (tertiary alicyclic amines) is 1. The maximum atomic E-state index is 12.3. The van der Waals surface area contributed by atoms with Gasteiger partial charge in [0.1, 0.15) is 11.3 Å². The molecule has 2 aromatic rings. The smallest absolute Gasteiger partial charge is 0.245 e. The normalized spacial score (nSPS) is 15.5. The highest BCUT2D eigenvalue weighted by Gasteiger charge is 2.26. The van der Waals surface area contributed by atoms with Gasteiger partial charge in [0.25, 0.3) is 0 Å². The van der Waals surface area contributed by atoms with Gasteiger partial charge in [0.2, 0.25) is 11.8 Å². The number of piperidine rings is 1. The lowest BCUT2D eigenvalue weighted by atomic mass is 9.96. The van der Waals surface area contributed by atoms with Gasteiger partial charge >= 0.3 is 0 Å². The van der Waals surface area contributed by atoms with E-state index in [0.29, 0.717) is 32.5 Å². The summed E-state index contributed by atoms with van der Waals surface area (Å²) < 4.78 is 6.72. The zero-order valence-electron chi connectivity index (χ0n) is 13.3. The fourth-order valence-corrected chi connectivity index (χ4v) is 3.34. The highest BCUT2D eigenvalue weighted by molar-refractivity contribution is 9.10. The molecule has 1 aromatic carbocycles. The van der Waals surface area contributed by atoms with Crippen LogP contribution in [0, 0.1) is 5.92 Å². The summed E-state index contributed by atoms with van der Waals surface area (Å²) in [5, 5.41) is 3.94. The van der Waals surface area contributed by atoms with E-state index in [-0.39, 0.29) is 17.7 Å². The molecule has 2 amide bonds. The highest BCUT2D eigenvalue weighted by Crippen LogP contribution is 2.23. The van der Waals surface area contributed by atoms with Gasteiger partial charge in [0.05, 0.1) is 6.54 Å². The average molecular weight is 391 g/mol. The molecule has 0 radical (unpaired) electrons. The quantitative estimate of drug-likeness (QED) is 0.815. The number of halogens is 1. The van der Waals surface area contributed by atoms with Gasteiger partial charge in [-0.2, -0.15) is 0 Å². The van der Waals surface area contributed by atoms with Gasteiger partial charge in [0, 0.05) is 28.9 Å². The van der Waals surface area contributed by atoms with Crippen LogP contribution in [0.5, 0.6) is 0 Å². The molecule has 1 fully saturated rings. The molecule has 1 aliphatic rings. The maximum Gasteiger partial charge on any atom is 0.245 e. The van der Waals surface area contributed by atoms with Gasteiger partial charge in [0.15, 0.2) is 0 Å². The zero-order valence-corrected chi connectivity index (χ0v) is 14.8. The van der Waals surface area contributed by atoms with Crippen LogP contribution in [0.15, 0.2) is 45.8 Å². The third-order valence-electron chi connectivity index (χ3n) is 4.32. The summed E-state index contributed by atoms with van der Waals surface area (Å²) in [4.78, 5) is 25.6. The zero-order chi connectivity index (χ0) is 17.1. The van der Waals surface area contributed by atoms with Crippen LogP contribution in [0.1, 0.15) is 18.6 Å². The summed E-state index contributed by atoms with van der Waals surface area (Å²) in [5.41, 5.74) is 0.804. The molecule has 5 nitrogen and oxygen atoms in total. The van der Waals surface area contributed by atoms with E-state index in [1.54, 1.807) is 4.90 Å². The van der Waals surface area contributed by atoms with Crippen LogP contribution in [0.25, 0.3) is 11.0 Å². The lowest BCUT2D eigenvalue weighted by Crippen LogP contribution is -2.42. The number of nitrogens with one attached hydrogen (secondary N) is 1. The van der Waals surface area contributed by atoms with Crippen molar-refractivity contribution in [2.45, 2.75) is 19.4 Å². The molecule has 6 heteroatoms. The summed E-state index contributed by atoms with van der Waals surface area (Å²) in [6.07, 6.45) is 2.68. The van der Waals surface area contributed by atoms with E-state index < -0.39 is 0 Å². The molecular formula is C18H19BrN2O3. The van der Waals surface area contributed by atoms with Crippen LogP contribution in [0.2, 0.25) is 0 Å². The number of amides is 2. The third kappa shape index (κ3) is 3.70. The molecule has 1 aromatic heterocycles. The fourth-order valence-electron chi connectivity index (χ4n) is 2.97. The number of benzene rings is 1. The molecule has 3 rings (SSSR count). The lowest BCUT2D eigenvalue weighted by Gasteiger charge is -2.30. The van der Waals surface area contributed by atoms with Crippen molar-refractivity contribution in [1.82, 2.24) is 10.2 Å². The number of nitrogens with zero attached hydrogens (tertiary/aromatic N) is 1. The molecule has 0 unspecified atom stereocenters. The average Bonchev–Trinajstić information content (AvgIpc) is 3.01. The largest absolute Gasteiger partial charge is 0.459 e. The van der Waals surface area contributed by atoms with E-state index in [4.69, 9.17) is 4.42 Å². The molecule has 0 aliphatic carbocycles. The summed E-state index contributed by atoms with van der Waals surface area (Å²) in [6, 6.07) is 7.74. The van der Waals surface area contributed by atoms with Crippen molar-refractivity contribution in [3.63, 3.8) is 0 Å². The van der Waals surface area contributed by atoms with Gasteiger partial charge in [-0.15, -0.1) is 0 Å². The summed E-state index contributed by atoms with van der Waals surface area (Å²) in [6.45, 7) is 5.06. The van der Waals surface area contributed by atoms with Crippen molar-refractivity contribution in [2.75, 3.05) is 13.1 Å². The molecule has 0 bridgehead atoms. The molecule has 0 saturated carbocycles. The van der Waals surface area contributed by atoms with Gasteiger partial charge in [-0.3, -0.25) is 9.59 Å². The Hall–Kier alpha value is -2.08. The first kappa shape index (κ1) is 16.8. The topological polar surface area (TPSA) is 62.6 Å². The second-order valence-corrected chi connectivity index (χ2v) is 6.83. The molecule has 24 heavy (non-hydrogen) atoms. The molecule has 2 heterocycles. The minimum Gasteiger partial charge on any atom is -0.459 e. The van der Waals surface area contributed by atoms with Gasteiger partial charge in [-0.25, -0.2) is 0 Å². The van der Waals surface area contributed by atoms with Crippen LogP contribution >= 0.6 is 15.9 Å². The van der Waals surface area contributed by atoms with Crippen LogP contribution in [0.3, 0.4) is 0 Å². The minimum absolute atomic E-state index is 0.0161. The van der Waals surface area contributed by atoms with Gasteiger partial charge < -0.3 is 14.6 Å². The molecule has 0 atom stereocenters. The second-order valence-electron chi connectivity index (χ2n) is 5.92. The number of rotatable bonds is 4. The Morgan fingerprint density at radius 3 is 2.79 bits per heavy atom. The Morgan fingerprint density at radius 1 is 1.33 bits per heavy atom. The van der Waals surface area contributed by atoms with E-state index in [2.05, 4.69) is 27.8 Å². The van der Waals surface area contributed by atoms with Gasteiger partial charge in [-0.1, -0.05) is 22.5 Å². The summed E-state index contributed by atoms with van der Waals surface area (Å²) in [5.74, 6) is 0.623. The van der Waals surface area contributed by atoms with Crippen LogP contribution in [0.4, 0.5) is 0 Å². The monoisotopic (exact) mass is 390 g/mol. The number of hydrogen-bond donors (Lipinski definition) is 1. The third-order valence-corrected chi connectivity index (χ3v) is 4.81. The Morgan fingerprint density at radius 2 is 2.08 bits per heavy atom. The van der Waals surface area contributed by atoms with Crippen molar-refractivity contribution in [1.29, 1.82) is 0 Å². The first-order chi connectivity index (χ1) is 11.6. The second kappa shape index (κ2) is 7.21. The molecule has 1 saturated heterocycles. The first-order valence-corrected chi connectivity index (χ1v) is 8.73. The minimum atomic E-state index is -0.0673. The molecule has 126 valence electrons. The number of carbonyl (C=O) groups excluding carboxylic acids is 2. The predicted octanol–water partition coefficient (Wildman–Crippen LogP) is 3.24. The number of hydrogen-bond acceptors (Lipinski definition) is 3. The van der Waals surface area contributed by atoms with E-state index in [1.807, 2.05) is 24.3 Å². The van der Waals surface area contributed by atoms with Crippen molar-refractivity contribution in [2.24, 2.45) is 5.92 Å². The predicted molar refractivity (Wildman–Crippen MR) is 95.3 cm³/mol. The van der Waals surface area contributed by atoms with Crippen molar-refractivity contribution >= 4 is 38.7 Å². The highest BCUT2D eigenvalue weighted by atomic mass is 79.9. The molecule has 0 spiro atoms. The van der Waals surface area contributed by atoms with E-state index in [9.17, 15) is 9.59 Å². The lowest BCUT2D eigenvalue weighted by molar-refractivity contribution is -0.132. The Labute approximate surface area is 148 Å². The van der Waals surface area contributed by atoms with E-state index >= 15 is 0 Å². The number of carbonyl (C=O) groups is 2. The number of fused-ring (bicyclic) bond motifs is 1.